The fourth-order valence-corrected chi connectivity index (χ4v) is 4.38. The van der Waals surface area contributed by atoms with E-state index in [-0.39, 0.29) is 18.1 Å². The Hall–Kier alpha value is -4.08. The topological polar surface area (TPSA) is 120 Å². The molecule has 3 aromatic heterocycles. The third-order valence-corrected chi connectivity index (χ3v) is 6.34. The van der Waals surface area contributed by atoms with E-state index in [1.165, 1.54) is 12.3 Å². The number of rotatable bonds is 6. The summed E-state index contributed by atoms with van der Waals surface area (Å²) in [6.07, 6.45) is 7.85. The van der Waals surface area contributed by atoms with Crippen molar-refractivity contribution in [2.24, 2.45) is 5.73 Å². The Labute approximate surface area is 208 Å². The average Bonchev–Trinajstić information content (AvgIpc) is 3.44. The number of ether oxygens (including phenoxy) is 1. The van der Waals surface area contributed by atoms with Crippen LogP contribution in [0.15, 0.2) is 30.7 Å². The van der Waals surface area contributed by atoms with Crippen molar-refractivity contribution in [2.75, 3.05) is 11.9 Å². The van der Waals surface area contributed by atoms with Gasteiger partial charge in [0, 0.05) is 65.4 Å². The van der Waals surface area contributed by atoms with E-state index in [0.717, 1.165) is 35.5 Å². The highest BCUT2D eigenvalue weighted by Crippen LogP contribution is 2.39. The van der Waals surface area contributed by atoms with Crippen molar-refractivity contribution in [2.45, 2.75) is 52.5 Å². The van der Waals surface area contributed by atoms with E-state index in [9.17, 15) is 9.18 Å². The minimum absolute atomic E-state index is 0.102. The smallest absolute Gasteiger partial charge is 0.268 e. The summed E-state index contributed by atoms with van der Waals surface area (Å²) >= 11 is 0. The summed E-state index contributed by atoms with van der Waals surface area (Å²) in [5, 5.41) is 3.19. The zero-order chi connectivity index (χ0) is 25.4. The molecule has 0 spiro atoms. The van der Waals surface area contributed by atoms with Crippen LogP contribution in [0, 0.1) is 12.7 Å². The lowest BCUT2D eigenvalue weighted by molar-refractivity contribution is 0.0996. The van der Waals surface area contributed by atoms with Gasteiger partial charge in [0.1, 0.15) is 28.7 Å². The van der Waals surface area contributed by atoms with Crippen LogP contribution >= 0.6 is 0 Å². The van der Waals surface area contributed by atoms with E-state index in [1.807, 2.05) is 20.8 Å². The number of anilines is 1. The standard InChI is InChI=1S/C24H22FN7O2.C2H6/c1-12-15(8-27-22(30-12)13-2-3-13)17-10-29-24(32-11-19(21(26)33)31-23(17)32)28-9-16-14-6-7-34-20(14)5-4-18(16)25;1-2/h4-5,8,10-11,13H,2-3,6-7,9H2,1H3,(H2,26,33)(H,28,29);1-2H3. The first-order chi connectivity index (χ1) is 17.5. The zero-order valence-electron chi connectivity index (χ0n) is 20.5. The highest BCUT2D eigenvalue weighted by atomic mass is 19.1. The Morgan fingerprint density at radius 3 is 2.69 bits per heavy atom. The van der Waals surface area contributed by atoms with Crippen molar-refractivity contribution < 1.29 is 13.9 Å². The molecule has 2 aliphatic rings. The van der Waals surface area contributed by atoms with Gasteiger partial charge in [-0.1, -0.05) is 13.8 Å². The zero-order valence-corrected chi connectivity index (χ0v) is 20.5. The van der Waals surface area contributed by atoms with Crippen LogP contribution in [0.3, 0.4) is 0 Å². The monoisotopic (exact) mass is 489 g/mol. The number of halogens is 1. The van der Waals surface area contributed by atoms with Gasteiger partial charge in [0.15, 0.2) is 0 Å². The van der Waals surface area contributed by atoms with Crippen molar-refractivity contribution in [1.29, 1.82) is 0 Å². The van der Waals surface area contributed by atoms with Gasteiger partial charge in [-0.25, -0.2) is 24.3 Å². The molecule has 10 heteroatoms. The van der Waals surface area contributed by atoms with Crippen LogP contribution in [0.5, 0.6) is 5.75 Å². The molecule has 1 fully saturated rings. The van der Waals surface area contributed by atoms with E-state index in [2.05, 4.69) is 25.3 Å². The van der Waals surface area contributed by atoms with Gasteiger partial charge in [-0.3, -0.25) is 9.20 Å². The van der Waals surface area contributed by atoms with E-state index in [0.29, 0.717) is 47.4 Å². The number of nitrogens with two attached hydrogens (primary N) is 1. The second kappa shape index (κ2) is 9.52. The highest BCUT2D eigenvalue weighted by molar-refractivity contribution is 5.92. The van der Waals surface area contributed by atoms with Gasteiger partial charge in [-0.2, -0.15) is 0 Å². The third kappa shape index (κ3) is 4.23. The Balaban J connectivity index is 0.00000130. The predicted octanol–water partition coefficient (Wildman–Crippen LogP) is 4.18. The fraction of sp³-hybridized carbons (Fsp3) is 0.346. The van der Waals surface area contributed by atoms with Crippen molar-refractivity contribution in [3.05, 3.63) is 64.9 Å². The number of amides is 1. The van der Waals surface area contributed by atoms with Crippen LogP contribution in [-0.2, 0) is 13.0 Å². The van der Waals surface area contributed by atoms with Crippen molar-refractivity contribution >= 4 is 17.5 Å². The van der Waals surface area contributed by atoms with Crippen LogP contribution in [0.2, 0.25) is 0 Å². The molecule has 4 aromatic rings. The average molecular weight is 490 g/mol. The highest BCUT2D eigenvalue weighted by Gasteiger charge is 2.27. The van der Waals surface area contributed by atoms with Gasteiger partial charge >= 0.3 is 0 Å². The largest absolute Gasteiger partial charge is 0.493 e. The molecule has 9 nitrogen and oxygen atoms in total. The Morgan fingerprint density at radius 1 is 1.19 bits per heavy atom. The quantitative estimate of drug-likeness (QED) is 0.417. The van der Waals surface area contributed by atoms with Gasteiger partial charge in [0.25, 0.3) is 5.91 Å². The molecule has 3 N–H and O–H groups in total. The lowest BCUT2D eigenvalue weighted by Gasteiger charge is -2.13. The molecule has 1 aliphatic heterocycles. The summed E-state index contributed by atoms with van der Waals surface area (Å²) in [7, 11) is 0. The van der Waals surface area contributed by atoms with Crippen LogP contribution in [0.4, 0.5) is 10.3 Å². The number of primary amides is 1. The summed E-state index contributed by atoms with van der Waals surface area (Å²) in [6.45, 7) is 6.65. The maximum absolute atomic E-state index is 14.6. The number of hydrogen-bond acceptors (Lipinski definition) is 7. The Morgan fingerprint density at radius 2 is 1.97 bits per heavy atom. The minimum atomic E-state index is -0.651. The fourth-order valence-electron chi connectivity index (χ4n) is 4.38. The van der Waals surface area contributed by atoms with Gasteiger partial charge in [0.2, 0.25) is 5.95 Å². The second-order valence-electron chi connectivity index (χ2n) is 8.64. The molecule has 1 aromatic carbocycles. The SMILES string of the molecule is CC.Cc1nc(C2CC2)ncc1-c1cnc(NCc2c(F)ccc3c2CCO3)n2cc(C(N)=O)nc12. The molecule has 0 saturated heterocycles. The first kappa shape index (κ1) is 23.7. The number of imidazole rings is 1. The predicted molar refractivity (Wildman–Crippen MR) is 134 cm³/mol. The van der Waals surface area contributed by atoms with Gasteiger partial charge < -0.3 is 15.8 Å². The molecule has 4 heterocycles. The van der Waals surface area contributed by atoms with Crippen molar-refractivity contribution in [1.82, 2.24) is 24.3 Å². The summed E-state index contributed by atoms with van der Waals surface area (Å²) in [6, 6.07) is 3.06. The number of fused-ring (bicyclic) bond motifs is 2. The van der Waals surface area contributed by atoms with Crippen LogP contribution in [-0.4, -0.2) is 36.9 Å². The lowest BCUT2D eigenvalue weighted by atomic mass is 10.0. The second-order valence-corrected chi connectivity index (χ2v) is 8.64. The number of aromatic nitrogens is 5. The van der Waals surface area contributed by atoms with E-state index < -0.39 is 5.91 Å². The van der Waals surface area contributed by atoms with Crippen molar-refractivity contribution in [3.63, 3.8) is 0 Å². The summed E-state index contributed by atoms with van der Waals surface area (Å²) in [5.41, 5.74) is 9.75. The molecule has 36 heavy (non-hydrogen) atoms. The number of carbonyl (C=O) groups is 1. The molecular weight excluding hydrogens is 461 g/mol. The van der Waals surface area contributed by atoms with Crippen LogP contribution in [0.25, 0.3) is 16.8 Å². The molecule has 1 saturated carbocycles. The first-order valence-corrected chi connectivity index (χ1v) is 12.2. The minimum Gasteiger partial charge on any atom is -0.493 e. The molecule has 0 atom stereocenters. The number of aryl methyl sites for hydroxylation is 1. The number of hydrogen-bond donors (Lipinski definition) is 2. The molecule has 186 valence electrons. The summed E-state index contributed by atoms with van der Waals surface area (Å²) in [5.74, 6) is 1.44. The number of benzene rings is 1. The number of nitrogens with zero attached hydrogens (tertiary/aromatic N) is 5. The molecule has 0 bridgehead atoms. The molecule has 6 rings (SSSR count). The Kier molecular flexibility index (Phi) is 6.26. The van der Waals surface area contributed by atoms with E-state index >= 15 is 0 Å². The van der Waals surface area contributed by atoms with Gasteiger partial charge in [-0.05, 0) is 31.9 Å². The maximum Gasteiger partial charge on any atom is 0.268 e. The maximum atomic E-state index is 14.6. The molecule has 1 amide bonds. The van der Waals surface area contributed by atoms with E-state index in [1.54, 1.807) is 22.9 Å². The Bertz CT molecular complexity index is 1460. The summed E-state index contributed by atoms with van der Waals surface area (Å²) < 4.78 is 21.8. The number of carbonyl (C=O) groups excluding carboxylic acids is 1. The third-order valence-electron chi connectivity index (χ3n) is 6.34. The number of nitrogens with one attached hydrogen (secondary N) is 1. The molecule has 0 unspecified atom stereocenters. The van der Waals surface area contributed by atoms with Crippen LogP contribution < -0.4 is 15.8 Å². The van der Waals surface area contributed by atoms with Gasteiger partial charge in [0.05, 0.1) is 6.61 Å². The summed E-state index contributed by atoms with van der Waals surface area (Å²) in [4.78, 5) is 30.1. The van der Waals surface area contributed by atoms with Gasteiger partial charge in [-0.15, -0.1) is 0 Å². The normalized spacial score (nSPS) is 14.1. The molecule has 1 aliphatic carbocycles. The first-order valence-electron chi connectivity index (χ1n) is 12.2. The van der Waals surface area contributed by atoms with Crippen LogP contribution in [0.1, 0.15) is 65.7 Å². The molecular formula is C26H28FN7O2. The van der Waals surface area contributed by atoms with E-state index in [4.69, 9.17) is 10.5 Å². The van der Waals surface area contributed by atoms with Crippen molar-refractivity contribution in [3.8, 4) is 16.9 Å². The lowest BCUT2D eigenvalue weighted by Crippen LogP contribution is -2.11. The molecule has 0 radical (unpaired) electrons.